The van der Waals surface area contributed by atoms with E-state index < -0.39 is 17.8 Å². The molecule has 2 aliphatic rings. The van der Waals surface area contributed by atoms with Crippen molar-refractivity contribution in [2.24, 2.45) is 17.3 Å². The zero-order valence-electron chi connectivity index (χ0n) is 10.7. The summed E-state index contributed by atoms with van der Waals surface area (Å²) < 4.78 is 0. The van der Waals surface area contributed by atoms with E-state index >= 15 is 0 Å². The summed E-state index contributed by atoms with van der Waals surface area (Å²) in [5, 5.41) is 10.1. The van der Waals surface area contributed by atoms with E-state index in [1.54, 1.807) is 12.1 Å². The van der Waals surface area contributed by atoms with Crippen LogP contribution in [0.4, 0.5) is 0 Å². The van der Waals surface area contributed by atoms with Crippen molar-refractivity contribution in [2.75, 3.05) is 0 Å². The van der Waals surface area contributed by atoms with Crippen molar-refractivity contribution in [3.05, 3.63) is 33.8 Å². The first kappa shape index (κ1) is 13.9. The van der Waals surface area contributed by atoms with E-state index in [0.717, 1.165) is 25.7 Å². The molecule has 2 aliphatic carbocycles. The molecule has 0 radical (unpaired) electrons. The minimum atomic E-state index is -0.856. The third-order valence-corrected chi connectivity index (χ3v) is 5.49. The fourth-order valence-electron chi connectivity index (χ4n) is 3.78. The van der Waals surface area contributed by atoms with E-state index in [0.29, 0.717) is 15.6 Å². The number of rotatable bonds is 3. The topological polar surface area (TPSA) is 54.4 Å². The Bertz CT molecular complexity index is 591. The minimum absolute atomic E-state index is 0.113. The molecule has 3 rings (SSSR count). The van der Waals surface area contributed by atoms with Crippen LogP contribution in [0.3, 0.4) is 0 Å². The monoisotopic (exact) mass is 312 g/mol. The number of Topliss-reactive ketones (excluding diaryl/α,β-unsaturated/α-hetero) is 1. The van der Waals surface area contributed by atoms with Crippen molar-refractivity contribution in [1.82, 2.24) is 0 Å². The van der Waals surface area contributed by atoms with Crippen LogP contribution < -0.4 is 0 Å². The number of benzene rings is 1. The number of ketones is 1. The summed E-state index contributed by atoms with van der Waals surface area (Å²) in [5.41, 5.74) is 0.147. The Morgan fingerprint density at radius 1 is 1.10 bits per heavy atom. The van der Waals surface area contributed by atoms with Crippen LogP contribution in [-0.2, 0) is 4.79 Å². The third-order valence-electron chi connectivity index (χ3n) is 4.75. The normalized spacial score (nSPS) is 26.7. The second-order valence-electron chi connectivity index (χ2n) is 5.73. The Morgan fingerprint density at radius 3 is 2.30 bits per heavy atom. The molecule has 3 nitrogen and oxygen atoms in total. The van der Waals surface area contributed by atoms with E-state index in [4.69, 9.17) is 23.2 Å². The van der Waals surface area contributed by atoms with Crippen LogP contribution in [0.25, 0.3) is 0 Å². The number of hydrogen-bond acceptors (Lipinski definition) is 2. The highest BCUT2D eigenvalue weighted by Crippen LogP contribution is 2.68. The predicted molar refractivity (Wildman–Crippen MR) is 76.3 cm³/mol. The molecule has 20 heavy (non-hydrogen) atoms. The van der Waals surface area contributed by atoms with Gasteiger partial charge in [-0.25, -0.2) is 0 Å². The van der Waals surface area contributed by atoms with Gasteiger partial charge in [-0.05, 0) is 36.5 Å². The maximum atomic E-state index is 12.6. The lowest BCUT2D eigenvalue weighted by Gasteiger charge is -2.07. The molecule has 1 aromatic rings. The Kier molecular flexibility index (Phi) is 3.30. The molecule has 2 atom stereocenters. The summed E-state index contributed by atoms with van der Waals surface area (Å²) in [6, 6.07) is 4.74. The summed E-state index contributed by atoms with van der Waals surface area (Å²) in [5.74, 6) is -1.91. The molecule has 2 saturated carbocycles. The van der Waals surface area contributed by atoms with Crippen molar-refractivity contribution in [2.45, 2.75) is 25.7 Å². The Hall–Kier alpha value is -1.06. The van der Waals surface area contributed by atoms with Crippen LogP contribution in [0.15, 0.2) is 18.2 Å². The van der Waals surface area contributed by atoms with Gasteiger partial charge in [0.25, 0.3) is 0 Å². The fraction of sp³-hybridized carbons (Fsp3) is 0.467. The lowest BCUT2D eigenvalue weighted by Crippen LogP contribution is -2.08. The molecular weight excluding hydrogens is 299 g/mol. The van der Waals surface area contributed by atoms with Gasteiger partial charge in [0.1, 0.15) is 0 Å². The molecule has 106 valence electrons. The van der Waals surface area contributed by atoms with Crippen LogP contribution in [0.1, 0.15) is 36.0 Å². The number of carbonyl (C=O) groups is 2. The SMILES string of the molecule is O=C(O)C1C(C(=O)c2ccc(Cl)c(Cl)c2)C12CCCC2. The lowest BCUT2D eigenvalue weighted by molar-refractivity contribution is -0.139. The van der Waals surface area contributed by atoms with Gasteiger partial charge < -0.3 is 5.11 Å². The number of carboxylic acids is 1. The zero-order valence-corrected chi connectivity index (χ0v) is 12.2. The van der Waals surface area contributed by atoms with Gasteiger partial charge in [0.05, 0.1) is 16.0 Å². The van der Waals surface area contributed by atoms with Gasteiger partial charge in [0, 0.05) is 11.5 Å². The molecule has 0 aromatic heterocycles. The average Bonchev–Trinajstić information content (AvgIpc) is 2.78. The van der Waals surface area contributed by atoms with E-state index in [1.807, 2.05) is 0 Å². The van der Waals surface area contributed by atoms with E-state index in [-0.39, 0.29) is 11.2 Å². The van der Waals surface area contributed by atoms with Crippen molar-refractivity contribution >= 4 is 35.0 Å². The average molecular weight is 313 g/mol. The summed E-state index contributed by atoms with van der Waals surface area (Å²) in [4.78, 5) is 24.0. The maximum Gasteiger partial charge on any atom is 0.307 e. The highest BCUT2D eigenvalue weighted by atomic mass is 35.5. The summed E-state index contributed by atoms with van der Waals surface area (Å²) in [6.07, 6.45) is 3.69. The Balaban J connectivity index is 1.90. The zero-order chi connectivity index (χ0) is 14.5. The van der Waals surface area contributed by atoms with Crippen LogP contribution in [0.5, 0.6) is 0 Å². The van der Waals surface area contributed by atoms with Crippen molar-refractivity contribution in [3.8, 4) is 0 Å². The fourth-order valence-corrected chi connectivity index (χ4v) is 4.07. The van der Waals surface area contributed by atoms with Crippen molar-refractivity contribution in [1.29, 1.82) is 0 Å². The van der Waals surface area contributed by atoms with Gasteiger partial charge >= 0.3 is 5.97 Å². The highest BCUT2D eigenvalue weighted by molar-refractivity contribution is 6.42. The van der Waals surface area contributed by atoms with Crippen LogP contribution in [-0.4, -0.2) is 16.9 Å². The second-order valence-corrected chi connectivity index (χ2v) is 6.54. The van der Waals surface area contributed by atoms with Crippen molar-refractivity contribution < 1.29 is 14.7 Å². The first-order valence-electron chi connectivity index (χ1n) is 6.69. The van der Waals surface area contributed by atoms with E-state index in [2.05, 4.69) is 0 Å². The molecule has 0 aliphatic heterocycles. The molecule has 5 heteroatoms. The van der Waals surface area contributed by atoms with E-state index in [1.165, 1.54) is 6.07 Å². The first-order valence-corrected chi connectivity index (χ1v) is 7.45. The predicted octanol–water partition coefficient (Wildman–Crippen LogP) is 4.07. The molecule has 1 spiro atoms. The lowest BCUT2D eigenvalue weighted by atomic mass is 9.96. The molecule has 0 bridgehead atoms. The molecule has 1 aromatic carbocycles. The van der Waals surface area contributed by atoms with Crippen LogP contribution >= 0.6 is 23.2 Å². The number of aliphatic carboxylic acids is 1. The minimum Gasteiger partial charge on any atom is -0.481 e. The van der Waals surface area contributed by atoms with Crippen LogP contribution in [0, 0.1) is 17.3 Å². The van der Waals surface area contributed by atoms with Gasteiger partial charge in [-0.15, -0.1) is 0 Å². The maximum absolute atomic E-state index is 12.6. The first-order chi connectivity index (χ1) is 9.47. The number of carboxylic acid groups (broad SMARTS) is 1. The third kappa shape index (κ3) is 1.95. The molecule has 0 saturated heterocycles. The number of carbonyl (C=O) groups excluding carboxylic acids is 1. The van der Waals surface area contributed by atoms with Gasteiger partial charge in [0.15, 0.2) is 5.78 Å². The molecule has 0 amide bonds. The highest BCUT2D eigenvalue weighted by Gasteiger charge is 2.71. The van der Waals surface area contributed by atoms with Gasteiger partial charge in [-0.3, -0.25) is 9.59 Å². The van der Waals surface area contributed by atoms with E-state index in [9.17, 15) is 14.7 Å². The van der Waals surface area contributed by atoms with Gasteiger partial charge in [-0.1, -0.05) is 36.0 Å². The number of halogens is 2. The number of hydrogen-bond donors (Lipinski definition) is 1. The molecular formula is C15H14Cl2O3. The molecule has 1 N–H and O–H groups in total. The Labute approximate surface area is 126 Å². The van der Waals surface area contributed by atoms with Gasteiger partial charge in [-0.2, -0.15) is 0 Å². The second kappa shape index (κ2) is 4.74. The molecule has 2 unspecified atom stereocenters. The summed E-state index contributed by atoms with van der Waals surface area (Å²) in [7, 11) is 0. The Morgan fingerprint density at radius 2 is 1.75 bits per heavy atom. The molecule has 2 fully saturated rings. The van der Waals surface area contributed by atoms with Crippen LogP contribution in [0.2, 0.25) is 10.0 Å². The van der Waals surface area contributed by atoms with Crippen molar-refractivity contribution in [3.63, 3.8) is 0 Å². The summed E-state index contributed by atoms with van der Waals surface area (Å²) in [6.45, 7) is 0. The smallest absolute Gasteiger partial charge is 0.307 e. The standard InChI is InChI=1S/C15H14Cl2O3/c16-9-4-3-8(7-10(9)17)13(18)11-12(14(19)20)15(11)5-1-2-6-15/h3-4,7,11-12H,1-2,5-6H2,(H,19,20). The molecule has 0 heterocycles. The van der Waals surface area contributed by atoms with Gasteiger partial charge in [0.2, 0.25) is 0 Å². The summed E-state index contributed by atoms with van der Waals surface area (Å²) >= 11 is 11.8. The largest absolute Gasteiger partial charge is 0.481 e. The quantitative estimate of drug-likeness (QED) is 0.856.